The summed E-state index contributed by atoms with van der Waals surface area (Å²) in [5.41, 5.74) is 7.06. The summed E-state index contributed by atoms with van der Waals surface area (Å²) in [6, 6.07) is 10.9. The molecular formula is C18H19N3. The van der Waals surface area contributed by atoms with Crippen LogP contribution in [0.2, 0.25) is 0 Å². The van der Waals surface area contributed by atoms with Gasteiger partial charge >= 0.3 is 0 Å². The molecule has 0 spiro atoms. The second-order valence-corrected chi connectivity index (χ2v) is 5.13. The van der Waals surface area contributed by atoms with E-state index in [-0.39, 0.29) is 0 Å². The van der Waals surface area contributed by atoms with Crippen molar-refractivity contribution in [3.63, 3.8) is 0 Å². The quantitative estimate of drug-likeness (QED) is 0.774. The highest BCUT2D eigenvalue weighted by Gasteiger charge is 2.09. The van der Waals surface area contributed by atoms with Crippen molar-refractivity contribution in [2.45, 2.75) is 26.7 Å². The van der Waals surface area contributed by atoms with Crippen molar-refractivity contribution in [2.75, 3.05) is 0 Å². The number of hydrogen-bond acceptors (Lipinski definition) is 2. The third-order valence-electron chi connectivity index (χ3n) is 3.79. The van der Waals surface area contributed by atoms with Gasteiger partial charge in [0.25, 0.3) is 0 Å². The van der Waals surface area contributed by atoms with Crippen LogP contribution in [-0.4, -0.2) is 15.2 Å². The molecule has 0 saturated carbocycles. The number of benzene rings is 1. The SMILES string of the molecule is CCc1cccc(-c2cnc(-c3cn[nH]c3)c(CC)c2)c1. The number of aryl methyl sites for hydroxylation is 2. The van der Waals surface area contributed by atoms with Crippen LogP contribution in [0.4, 0.5) is 0 Å². The summed E-state index contributed by atoms with van der Waals surface area (Å²) in [6.45, 7) is 4.34. The van der Waals surface area contributed by atoms with Gasteiger partial charge in [-0.3, -0.25) is 10.1 Å². The van der Waals surface area contributed by atoms with Gasteiger partial charge in [0, 0.05) is 23.5 Å². The lowest BCUT2D eigenvalue weighted by Gasteiger charge is -2.09. The smallest absolute Gasteiger partial charge is 0.0765 e. The second-order valence-electron chi connectivity index (χ2n) is 5.13. The third kappa shape index (κ3) is 2.72. The van der Waals surface area contributed by atoms with Gasteiger partial charge < -0.3 is 0 Å². The van der Waals surface area contributed by atoms with Crippen molar-refractivity contribution in [1.29, 1.82) is 0 Å². The normalized spacial score (nSPS) is 10.8. The van der Waals surface area contributed by atoms with E-state index in [1.165, 1.54) is 22.3 Å². The summed E-state index contributed by atoms with van der Waals surface area (Å²) in [5.74, 6) is 0. The molecule has 0 aliphatic rings. The minimum absolute atomic E-state index is 0.953. The van der Waals surface area contributed by atoms with Crippen molar-refractivity contribution in [2.24, 2.45) is 0 Å². The highest BCUT2D eigenvalue weighted by molar-refractivity contribution is 5.69. The number of rotatable bonds is 4. The van der Waals surface area contributed by atoms with Gasteiger partial charge in [-0.2, -0.15) is 5.10 Å². The predicted molar refractivity (Wildman–Crippen MR) is 86.0 cm³/mol. The first-order chi connectivity index (χ1) is 10.3. The topological polar surface area (TPSA) is 41.6 Å². The van der Waals surface area contributed by atoms with Crippen molar-refractivity contribution < 1.29 is 0 Å². The number of H-pyrrole nitrogens is 1. The molecule has 106 valence electrons. The van der Waals surface area contributed by atoms with E-state index in [2.05, 4.69) is 59.4 Å². The van der Waals surface area contributed by atoms with Gasteiger partial charge in [-0.1, -0.05) is 38.1 Å². The van der Waals surface area contributed by atoms with Gasteiger partial charge in [0.2, 0.25) is 0 Å². The van der Waals surface area contributed by atoms with Gasteiger partial charge in [-0.05, 0) is 35.6 Å². The standard InChI is InChI=1S/C18H19N3/c1-3-13-6-5-7-15(8-13)16-9-14(4-2)18(19-10-16)17-11-20-21-12-17/h5-12H,3-4H2,1-2H3,(H,20,21). The zero-order valence-corrected chi connectivity index (χ0v) is 12.4. The van der Waals surface area contributed by atoms with Crippen molar-refractivity contribution >= 4 is 0 Å². The van der Waals surface area contributed by atoms with Crippen molar-refractivity contribution in [3.05, 3.63) is 60.0 Å². The van der Waals surface area contributed by atoms with Crippen LogP contribution in [0.1, 0.15) is 25.0 Å². The number of pyridine rings is 1. The summed E-state index contributed by atoms with van der Waals surface area (Å²) >= 11 is 0. The predicted octanol–water partition coefficient (Wildman–Crippen LogP) is 4.26. The van der Waals surface area contributed by atoms with Crippen LogP contribution in [0.5, 0.6) is 0 Å². The lowest BCUT2D eigenvalue weighted by Crippen LogP contribution is -1.93. The Hall–Kier alpha value is -2.42. The average molecular weight is 277 g/mol. The number of nitrogens with one attached hydrogen (secondary N) is 1. The summed E-state index contributed by atoms with van der Waals surface area (Å²) in [7, 11) is 0. The number of nitrogens with zero attached hydrogens (tertiary/aromatic N) is 2. The Labute approximate surface area is 125 Å². The molecule has 0 bridgehead atoms. The number of aromatic amines is 1. The molecule has 2 aromatic heterocycles. The monoisotopic (exact) mass is 277 g/mol. The first-order valence-electron chi connectivity index (χ1n) is 7.39. The summed E-state index contributed by atoms with van der Waals surface area (Å²) in [5, 5.41) is 6.86. The van der Waals surface area contributed by atoms with E-state index >= 15 is 0 Å². The lowest BCUT2D eigenvalue weighted by atomic mass is 9.99. The van der Waals surface area contributed by atoms with E-state index < -0.39 is 0 Å². The van der Waals surface area contributed by atoms with Crippen molar-refractivity contribution in [3.8, 4) is 22.4 Å². The molecule has 0 radical (unpaired) electrons. The maximum Gasteiger partial charge on any atom is 0.0765 e. The Bertz CT molecular complexity index is 730. The molecule has 3 nitrogen and oxygen atoms in total. The fourth-order valence-corrected chi connectivity index (χ4v) is 2.55. The molecule has 0 amide bonds. The first kappa shape index (κ1) is 13.6. The minimum atomic E-state index is 0.953. The summed E-state index contributed by atoms with van der Waals surface area (Å²) in [4.78, 5) is 4.66. The average Bonchev–Trinajstić information content (AvgIpc) is 3.08. The molecule has 1 N–H and O–H groups in total. The van der Waals surface area contributed by atoms with Crippen LogP contribution in [0.15, 0.2) is 48.9 Å². The van der Waals surface area contributed by atoms with Crippen LogP contribution in [0.3, 0.4) is 0 Å². The maximum absolute atomic E-state index is 4.66. The lowest BCUT2D eigenvalue weighted by molar-refractivity contribution is 1.09. The number of aromatic nitrogens is 3. The molecule has 21 heavy (non-hydrogen) atoms. The van der Waals surface area contributed by atoms with Gasteiger partial charge in [0.1, 0.15) is 0 Å². The fourth-order valence-electron chi connectivity index (χ4n) is 2.55. The van der Waals surface area contributed by atoms with E-state index in [9.17, 15) is 0 Å². The molecule has 3 heteroatoms. The molecule has 2 heterocycles. The van der Waals surface area contributed by atoms with Gasteiger partial charge in [-0.25, -0.2) is 0 Å². The molecule has 0 fully saturated rings. The van der Waals surface area contributed by atoms with E-state index in [4.69, 9.17) is 0 Å². The van der Waals surface area contributed by atoms with E-state index in [1.807, 2.05) is 18.6 Å². The highest BCUT2D eigenvalue weighted by Crippen LogP contribution is 2.27. The largest absolute Gasteiger partial charge is 0.285 e. The first-order valence-corrected chi connectivity index (χ1v) is 7.39. The van der Waals surface area contributed by atoms with Crippen LogP contribution in [-0.2, 0) is 12.8 Å². The van der Waals surface area contributed by atoms with Crippen LogP contribution >= 0.6 is 0 Å². The summed E-state index contributed by atoms with van der Waals surface area (Å²) < 4.78 is 0. The Morgan fingerprint density at radius 2 is 1.86 bits per heavy atom. The highest BCUT2D eigenvalue weighted by atomic mass is 15.1. The van der Waals surface area contributed by atoms with Crippen LogP contribution in [0, 0.1) is 0 Å². The van der Waals surface area contributed by atoms with Crippen LogP contribution in [0.25, 0.3) is 22.4 Å². The Kier molecular flexibility index (Phi) is 3.82. The second kappa shape index (κ2) is 5.92. The molecule has 3 rings (SSSR count). The zero-order chi connectivity index (χ0) is 14.7. The van der Waals surface area contributed by atoms with Crippen LogP contribution < -0.4 is 0 Å². The van der Waals surface area contributed by atoms with Gasteiger partial charge in [0.15, 0.2) is 0 Å². The van der Waals surface area contributed by atoms with E-state index in [0.29, 0.717) is 0 Å². The molecule has 1 aromatic carbocycles. The molecule has 3 aromatic rings. The Morgan fingerprint density at radius 3 is 2.57 bits per heavy atom. The molecule has 0 atom stereocenters. The third-order valence-corrected chi connectivity index (χ3v) is 3.79. The Balaban J connectivity index is 2.05. The minimum Gasteiger partial charge on any atom is -0.285 e. The van der Waals surface area contributed by atoms with Crippen molar-refractivity contribution in [1.82, 2.24) is 15.2 Å². The summed E-state index contributed by atoms with van der Waals surface area (Å²) in [6.07, 6.45) is 7.66. The molecular weight excluding hydrogens is 258 g/mol. The maximum atomic E-state index is 4.66. The van der Waals surface area contributed by atoms with Gasteiger partial charge in [-0.15, -0.1) is 0 Å². The molecule has 0 aliphatic heterocycles. The number of hydrogen-bond donors (Lipinski definition) is 1. The molecule has 0 saturated heterocycles. The van der Waals surface area contributed by atoms with Gasteiger partial charge in [0.05, 0.1) is 11.9 Å². The zero-order valence-electron chi connectivity index (χ0n) is 12.4. The molecule has 0 aliphatic carbocycles. The van der Waals surface area contributed by atoms with E-state index in [1.54, 1.807) is 0 Å². The molecule has 0 unspecified atom stereocenters. The Morgan fingerprint density at radius 1 is 0.952 bits per heavy atom. The van der Waals surface area contributed by atoms with E-state index in [0.717, 1.165) is 24.1 Å². The fraction of sp³-hybridized carbons (Fsp3) is 0.222.